The van der Waals surface area contributed by atoms with E-state index in [0.717, 1.165) is 38.0 Å². The van der Waals surface area contributed by atoms with Crippen LogP contribution >= 0.6 is 0 Å². The van der Waals surface area contributed by atoms with E-state index in [4.69, 9.17) is 0 Å². The summed E-state index contributed by atoms with van der Waals surface area (Å²) in [4.78, 5) is 33.5. The number of carbonyl (C=O) groups is 2. The Balaban J connectivity index is 1.65. The van der Waals surface area contributed by atoms with Gasteiger partial charge >= 0.3 is 0 Å². The SMILES string of the molecule is CC(C)N1CCC(C(=O)N(Cc2ccccn2)C[C@@H]2CCC(=O)N2)CC1. The fourth-order valence-electron chi connectivity index (χ4n) is 3.92. The van der Waals surface area contributed by atoms with Crippen molar-refractivity contribution in [3.05, 3.63) is 30.1 Å². The number of hydrogen-bond donors (Lipinski definition) is 1. The van der Waals surface area contributed by atoms with Crippen LogP contribution in [0.3, 0.4) is 0 Å². The fourth-order valence-corrected chi connectivity index (χ4v) is 3.92. The first-order valence-corrected chi connectivity index (χ1v) is 9.75. The van der Waals surface area contributed by atoms with Crippen molar-refractivity contribution in [2.75, 3.05) is 19.6 Å². The molecule has 26 heavy (non-hydrogen) atoms. The van der Waals surface area contributed by atoms with E-state index < -0.39 is 0 Å². The summed E-state index contributed by atoms with van der Waals surface area (Å²) in [6.07, 6.45) is 4.94. The predicted molar refractivity (Wildman–Crippen MR) is 100 cm³/mol. The van der Waals surface area contributed by atoms with Gasteiger partial charge in [0.25, 0.3) is 0 Å². The number of piperidine rings is 1. The second kappa shape index (κ2) is 8.62. The minimum absolute atomic E-state index is 0.0610. The molecular formula is C20H30N4O2. The lowest BCUT2D eigenvalue weighted by Gasteiger charge is -2.36. The van der Waals surface area contributed by atoms with Gasteiger partial charge in [-0.05, 0) is 58.3 Å². The number of hydrogen-bond acceptors (Lipinski definition) is 4. The number of nitrogens with zero attached hydrogens (tertiary/aromatic N) is 3. The standard InChI is InChI=1S/C20H30N4O2/c1-15(2)23-11-8-16(9-12-23)20(26)24(13-17-5-3-4-10-21-17)14-18-6-7-19(25)22-18/h3-5,10,15-16,18H,6-9,11-14H2,1-2H3,(H,22,25)/t18-/m0/s1. The molecule has 1 N–H and O–H groups in total. The van der Waals surface area contributed by atoms with E-state index in [2.05, 4.69) is 29.0 Å². The van der Waals surface area contributed by atoms with Crippen molar-refractivity contribution in [2.45, 2.75) is 58.2 Å². The Bertz CT molecular complexity index is 611. The topological polar surface area (TPSA) is 65.5 Å². The first-order valence-electron chi connectivity index (χ1n) is 9.75. The summed E-state index contributed by atoms with van der Waals surface area (Å²) >= 11 is 0. The van der Waals surface area contributed by atoms with Gasteiger partial charge in [0.1, 0.15) is 0 Å². The van der Waals surface area contributed by atoms with Crippen LogP contribution in [0.2, 0.25) is 0 Å². The zero-order valence-corrected chi connectivity index (χ0v) is 15.9. The van der Waals surface area contributed by atoms with Crippen molar-refractivity contribution in [2.24, 2.45) is 5.92 Å². The Morgan fingerprint density at radius 2 is 2.08 bits per heavy atom. The van der Waals surface area contributed by atoms with Crippen LogP contribution in [0.1, 0.15) is 45.2 Å². The summed E-state index contributed by atoms with van der Waals surface area (Å²) in [5.74, 6) is 0.372. The highest BCUT2D eigenvalue weighted by molar-refractivity contribution is 5.80. The van der Waals surface area contributed by atoms with Crippen molar-refractivity contribution in [1.82, 2.24) is 20.1 Å². The van der Waals surface area contributed by atoms with Crippen LogP contribution in [-0.4, -0.2) is 58.3 Å². The summed E-state index contributed by atoms with van der Waals surface area (Å²) in [6, 6.07) is 6.38. The van der Waals surface area contributed by atoms with Crippen molar-refractivity contribution in [1.29, 1.82) is 0 Å². The number of rotatable bonds is 6. The molecule has 2 amide bonds. The monoisotopic (exact) mass is 358 g/mol. The molecular weight excluding hydrogens is 328 g/mol. The van der Waals surface area contributed by atoms with Gasteiger partial charge in [0.05, 0.1) is 12.2 Å². The van der Waals surface area contributed by atoms with E-state index in [1.54, 1.807) is 6.20 Å². The van der Waals surface area contributed by atoms with Crippen LogP contribution < -0.4 is 5.32 Å². The van der Waals surface area contributed by atoms with E-state index in [1.807, 2.05) is 23.1 Å². The Kier molecular flexibility index (Phi) is 6.25. The molecule has 2 saturated heterocycles. The average Bonchev–Trinajstić information content (AvgIpc) is 3.06. The molecule has 2 aliphatic rings. The molecule has 0 bridgehead atoms. The second-order valence-corrected chi connectivity index (χ2v) is 7.75. The number of pyridine rings is 1. The molecule has 6 nitrogen and oxygen atoms in total. The summed E-state index contributed by atoms with van der Waals surface area (Å²) in [7, 11) is 0. The molecule has 0 radical (unpaired) electrons. The van der Waals surface area contributed by atoms with Gasteiger partial charge in [0, 0.05) is 37.2 Å². The largest absolute Gasteiger partial charge is 0.352 e. The minimum atomic E-state index is 0.0610. The minimum Gasteiger partial charge on any atom is -0.352 e. The van der Waals surface area contributed by atoms with Crippen LogP contribution in [0.15, 0.2) is 24.4 Å². The van der Waals surface area contributed by atoms with E-state index in [0.29, 0.717) is 25.6 Å². The van der Waals surface area contributed by atoms with E-state index in [9.17, 15) is 9.59 Å². The molecule has 0 aromatic carbocycles. The third kappa shape index (κ3) is 4.81. The Labute approximate surface area is 156 Å². The molecule has 1 atom stereocenters. The fraction of sp³-hybridized carbons (Fsp3) is 0.650. The Morgan fingerprint density at radius 3 is 2.65 bits per heavy atom. The molecule has 0 unspecified atom stereocenters. The quantitative estimate of drug-likeness (QED) is 0.842. The predicted octanol–water partition coefficient (Wildman–Crippen LogP) is 1.81. The van der Waals surface area contributed by atoms with Crippen LogP contribution in [-0.2, 0) is 16.1 Å². The maximum Gasteiger partial charge on any atom is 0.226 e. The van der Waals surface area contributed by atoms with Gasteiger partial charge in [0.2, 0.25) is 11.8 Å². The number of carbonyl (C=O) groups excluding carboxylic acids is 2. The smallest absolute Gasteiger partial charge is 0.226 e. The highest BCUT2D eigenvalue weighted by atomic mass is 16.2. The normalized spacial score (nSPS) is 21.8. The molecule has 0 saturated carbocycles. The average molecular weight is 358 g/mol. The number of aromatic nitrogens is 1. The summed E-state index contributed by atoms with van der Waals surface area (Å²) in [6.45, 7) is 7.45. The summed E-state index contributed by atoms with van der Waals surface area (Å²) in [5, 5.41) is 2.99. The van der Waals surface area contributed by atoms with Gasteiger partial charge in [-0.2, -0.15) is 0 Å². The van der Waals surface area contributed by atoms with Gasteiger partial charge in [-0.15, -0.1) is 0 Å². The van der Waals surface area contributed by atoms with Crippen molar-refractivity contribution in [3.63, 3.8) is 0 Å². The second-order valence-electron chi connectivity index (χ2n) is 7.75. The first kappa shape index (κ1) is 18.8. The molecule has 6 heteroatoms. The molecule has 2 fully saturated rings. The molecule has 2 aliphatic heterocycles. The maximum atomic E-state index is 13.2. The van der Waals surface area contributed by atoms with E-state index in [-0.39, 0.29) is 23.8 Å². The van der Waals surface area contributed by atoms with E-state index >= 15 is 0 Å². The molecule has 142 valence electrons. The van der Waals surface area contributed by atoms with Gasteiger partial charge in [0.15, 0.2) is 0 Å². The molecule has 3 rings (SSSR count). The van der Waals surface area contributed by atoms with Crippen molar-refractivity contribution < 1.29 is 9.59 Å². The lowest BCUT2D eigenvalue weighted by molar-refractivity contribution is -0.138. The zero-order chi connectivity index (χ0) is 18.5. The zero-order valence-electron chi connectivity index (χ0n) is 15.9. The van der Waals surface area contributed by atoms with Gasteiger partial charge < -0.3 is 15.1 Å². The molecule has 1 aromatic heterocycles. The van der Waals surface area contributed by atoms with E-state index in [1.165, 1.54) is 0 Å². The molecule has 0 aliphatic carbocycles. The molecule has 1 aromatic rings. The number of nitrogens with one attached hydrogen (secondary N) is 1. The Hall–Kier alpha value is -1.95. The maximum absolute atomic E-state index is 13.2. The van der Waals surface area contributed by atoms with Crippen LogP contribution in [0, 0.1) is 5.92 Å². The highest BCUT2D eigenvalue weighted by Gasteiger charge is 2.32. The van der Waals surface area contributed by atoms with Crippen LogP contribution in [0.25, 0.3) is 0 Å². The van der Waals surface area contributed by atoms with Crippen molar-refractivity contribution in [3.8, 4) is 0 Å². The molecule has 0 spiro atoms. The third-order valence-corrected chi connectivity index (χ3v) is 5.53. The molecule has 3 heterocycles. The van der Waals surface area contributed by atoms with Crippen LogP contribution in [0.5, 0.6) is 0 Å². The lowest BCUT2D eigenvalue weighted by Crippen LogP contribution is -2.47. The highest BCUT2D eigenvalue weighted by Crippen LogP contribution is 2.23. The first-order chi connectivity index (χ1) is 12.5. The van der Waals surface area contributed by atoms with Gasteiger partial charge in [-0.25, -0.2) is 0 Å². The van der Waals surface area contributed by atoms with Crippen LogP contribution in [0.4, 0.5) is 0 Å². The summed E-state index contributed by atoms with van der Waals surface area (Å²) in [5.41, 5.74) is 0.893. The Morgan fingerprint density at radius 1 is 1.31 bits per heavy atom. The number of amides is 2. The van der Waals surface area contributed by atoms with Gasteiger partial charge in [-0.3, -0.25) is 14.6 Å². The summed E-state index contributed by atoms with van der Waals surface area (Å²) < 4.78 is 0. The number of likely N-dealkylation sites (tertiary alicyclic amines) is 1. The van der Waals surface area contributed by atoms with Gasteiger partial charge in [-0.1, -0.05) is 6.07 Å². The van der Waals surface area contributed by atoms with Crippen molar-refractivity contribution >= 4 is 11.8 Å². The third-order valence-electron chi connectivity index (χ3n) is 5.53. The lowest BCUT2D eigenvalue weighted by atomic mass is 9.94.